The van der Waals surface area contributed by atoms with Crippen LogP contribution in [-0.2, 0) is 11.2 Å². The smallest absolute Gasteiger partial charge is 0.257 e. The van der Waals surface area contributed by atoms with E-state index >= 15 is 0 Å². The van der Waals surface area contributed by atoms with Crippen molar-refractivity contribution in [1.82, 2.24) is 9.97 Å². The predicted octanol–water partition coefficient (Wildman–Crippen LogP) is 0.363. The lowest BCUT2D eigenvalue weighted by Gasteiger charge is -2.02. The largest absolute Gasteiger partial charge is 0.493 e. The first-order valence-corrected chi connectivity index (χ1v) is 4.43. The second-order valence-electron chi connectivity index (χ2n) is 3.06. The number of hydrogen-bond donors (Lipinski definition) is 2. The highest BCUT2D eigenvalue weighted by molar-refractivity contribution is 5.20. The van der Waals surface area contributed by atoms with Gasteiger partial charge in [-0.25, -0.2) is 4.98 Å². The molecule has 0 unspecified atom stereocenters. The molecule has 0 aromatic carbocycles. The quantitative estimate of drug-likeness (QED) is 0.685. The van der Waals surface area contributed by atoms with Crippen LogP contribution in [0.5, 0.6) is 5.88 Å². The van der Waals surface area contributed by atoms with E-state index in [4.69, 9.17) is 4.74 Å². The minimum atomic E-state index is -0.287. The molecule has 78 valence electrons. The van der Waals surface area contributed by atoms with Crippen LogP contribution in [-0.4, -0.2) is 28.8 Å². The van der Waals surface area contributed by atoms with Crippen molar-refractivity contribution < 1.29 is 9.84 Å². The molecule has 0 bridgehead atoms. The molecule has 0 aliphatic heterocycles. The zero-order valence-electron chi connectivity index (χ0n) is 8.33. The molecule has 5 heteroatoms. The Hall–Kier alpha value is -1.36. The van der Waals surface area contributed by atoms with E-state index in [0.29, 0.717) is 18.9 Å². The number of aromatic hydroxyl groups is 1. The minimum absolute atomic E-state index is 0.193. The van der Waals surface area contributed by atoms with Gasteiger partial charge in [-0.3, -0.25) is 4.79 Å². The van der Waals surface area contributed by atoms with Crippen LogP contribution in [0.3, 0.4) is 0 Å². The molecule has 5 nitrogen and oxygen atoms in total. The molecule has 1 aromatic rings. The van der Waals surface area contributed by atoms with Gasteiger partial charge in [-0.1, -0.05) is 0 Å². The third-order valence-corrected chi connectivity index (χ3v) is 1.94. The monoisotopic (exact) mass is 198 g/mol. The lowest BCUT2D eigenvalue weighted by atomic mass is 10.3. The molecule has 0 saturated heterocycles. The van der Waals surface area contributed by atoms with Crippen molar-refractivity contribution in [2.75, 3.05) is 13.7 Å². The normalized spacial score (nSPS) is 10.4. The molecule has 14 heavy (non-hydrogen) atoms. The van der Waals surface area contributed by atoms with Gasteiger partial charge in [-0.15, -0.1) is 0 Å². The number of aromatic amines is 1. The Labute approximate surface area is 81.8 Å². The van der Waals surface area contributed by atoms with Gasteiger partial charge in [0.2, 0.25) is 5.88 Å². The molecule has 2 N–H and O–H groups in total. The van der Waals surface area contributed by atoms with Crippen LogP contribution in [0.25, 0.3) is 0 Å². The zero-order chi connectivity index (χ0) is 10.6. The second-order valence-corrected chi connectivity index (χ2v) is 3.06. The molecular weight excluding hydrogens is 184 g/mol. The van der Waals surface area contributed by atoms with Crippen LogP contribution >= 0.6 is 0 Å². The summed E-state index contributed by atoms with van der Waals surface area (Å²) in [4.78, 5) is 17.6. The fraction of sp³-hybridized carbons (Fsp3) is 0.556. The standard InChI is InChI=1S/C9H14N2O3/c1-6-8(12)10-7(11-9(6)13)4-3-5-14-2/h3-5H2,1-2H3,(H2,10,11,12,13). The number of aromatic nitrogens is 2. The highest BCUT2D eigenvalue weighted by Crippen LogP contribution is 2.06. The van der Waals surface area contributed by atoms with E-state index in [-0.39, 0.29) is 17.0 Å². The fourth-order valence-corrected chi connectivity index (χ4v) is 1.07. The van der Waals surface area contributed by atoms with E-state index in [2.05, 4.69) is 9.97 Å². The van der Waals surface area contributed by atoms with Gasteiger partial charge < -0.3 is 14.8 Å². The first-order valence-electron chi connectivity index (χ1n) is 4.43. The van der Waals surface area contributed by atoms with Gasteiger partial charge in [-0.05, 0) is 13.3 Å². The van der Waals surface area contributed by atoms with Crippen molar-refractivity contribution >= 4 is 0 Å². The van der Waals surface area contributed by atoms with Crippen molar-refractivity contribution in [2.45, 2.75) is 19.8 Å². The molecule has 1 aromatic heterocycles. The summed E-state index contributed by atoms with van der Waals surface area (Å²) in [6, 6.07) is 0. The molecule has 0 aliphatic carbocycles. The van der Waals surface area contributed by atoms with Gasteiger partial charge in [-0.2, -0.15) is 0 Å². The summed E-state index contributed by atoms with van der Waals surface area (Å²) in [5.74, 6) is 0.302. The Morgan fingerprint density at radius 1 is 1.57 bits per heavy atom. The summed E-state index contributed by atoms with van der Waals surface area (Å²) in [5, 5.41) is 9.28. The summed E-state index contributed by atoms with van der Waals surface area (Å²) >= 11 is 0. The van der Waals surface area contributed by atoms with Crippen molar-refractivity contribution in [3.8, 4) is 5.88 Å². The highest BCUT2D eigenvalue weighted by Gasteiger charge is 2.05. The topological polar surface area (TPSA) is 75.2 Å². The average molecular weight is 198 g/mol. The Morgan fingerprint density at radius 2 is 2.29 bits per heavy atom. The number of aryl methyl sites for hydroxylation is 1. The Balaban J connectivity index is 2.75. The number of rotatable bonds is 4. The third-order valence-electron chi connectivity index (χ3n) is 1.94. The molecular formula is C9H14N2O3. The number of nitrogens with one attached hydrogen (secondary N) is 1. The minimum Gasteiger partial charge on any atom is -0.493 e. The van der Waals surface area contributed by atoms with Crippen molar-refractivity contribution in [1.29, 1.82) is 0 Å². The van der Waals surface area contributed by atoms with Crippen molar-refractivity contribution in [3.05, 3.63) is 21.7 Å². The second kappa shape index (κ2) is 4.76. The molecule has 0 spiro atoms. The Morgan fingerprint density at radius 3 is 2.86 bits per heavy atom. The van der Waals surface area contributed by atoms with E-state index < -0.39 is 0 Å². The SMILES string of the molecule is COCCCc1nc(O)c(C)c(=O)[nH]1. The zero-order valence-corrected chi connectivity index (χ0v) is 8.33. The summed E-state index contributed by atoms with van der Waals surface area (Å²) in [6.07, 6.45) is 1.36. The molecule has 1 rings (SSSR count). The maximum Gasteiger partial charge on any atom is 0.257 e. The van der Waals surface area contributed by atoms with Crippen LogP contribution in [0.1, 0.15) is 17.8 Å². The number of H-pyrrole nitrogens is 1. The first kappa shape index (κ1) is 10.7. The fourth-order valence-electron chi connectivity index (χ4n) is 1.07. The summed E-state index contributed by atoms with van der Waals surface area (Å²) in [5.41, 5.74) is -0.0367. The van der Waals surface area contributed by atoms with E-state index in [1.54, 1.807) is 7.11 Å². The third kappa shape index (κ3) is 2.56. The number of methoxy groups -OCH3 is 1. The lowest BCUT2D eigenvalue weighted by Crippen LogP contribution is -2.14. The molecule has 0 aliphatic rings. The van der Waals surface area contributed by atoms with Crippen molar-refractivity contribution in [2.24, 2.45) is 0 Å². The maximum atomic E-state index is 11.2. The Bertz CT molecular complexity index is 360. The molecule has 1 heterocycles. The van der Waals surface area contributed by atoms with Gasteiger partial charge in [0.15, 0.2) is 0 Å². The summed E-state index contributed by atoms with van der Waals surface area (Å²) in [7, 11) is 1.61. The summed E-state index contributed by atoms with van der Waals surface area (Å²) in [6.45, 7) is 2.14. The number of nitrogens with zero attached hydrogens (tertiary/aromatic N) is 1. The molecule has 0 amide bonds. The van der Waals surface area contributed by atoms with Crippen LogP contribution < -0.4 is 5.56 Å². The molecule has 0 atom stereocenters. The average Bonchev–Trinajstić information content (AvgIpc) is 2.14. The van der Waals surface area contributed by atoms with E-state index in [1.807, 2.05) is 0 Å². The van der Waals surface area contributed by atoms with Gasteiger partial charge in [0.1, 0.15) is 5.82 Å². The van der Waals surface area contributed by atoms with Gasteiger partial charge in [0.25, 0.3) is 5.56 Å². The van der Waals surface area contributed by atoms with Crippen molar-refractivity contribution in [3.63, 3.8) is 0 Å². The lowest BCUT2D eigenvalue weighted by molar-refractivity contribution is 0.194. The number of ether oxygens (including phenoxy) is 1. The molecule has 0 saturated carbocycles. The Kier molecular flexibility index (Phi) is 3.64. The molecule has 0 fully saturated rings. The predicted molar refractivity (Wildman–Crippen MR) is 51.5 cm³/mol. The highest BCUT2D eigenvalue weighted by atomic mass is 16.5. The van der Waals surface area contributed by atoms with E-state index in [0.717, 1.165) is 6.42 Å². The van der Waals surface area contributed by atoms with Gasteiger partial charge >= 0.3 is 0 Å². The van der Waals surface area contributed by atoms with Crippen LogP contribution in [0.4, 0.5) is 0 Å². The van der Waals surface area contributed by atoms with Crippen LogP contribution in [0.2, 0.25) is 0 Å². The maximum absolute atomic E-state index is 11.2. The van der Waals surface area contributed by atoms with Gasteiger partial charge in [0.05, 0.1) is 5.56 Å². The van der Waals surface area contributed by atoms with E-state index in [1.165, 1.54) is 6.92 Å². The first-order chi connectivity index (χ1) is 6.65. The summed E-state index contributed by atoms with van der Waals surface area (Å²) < 4.78 is 4.87. The van der Waals surface area contributed by atoms with Gasteiger partial charge in [0, 0.05) is 20.1 Å². The number of hydrogen-bond acceptors (Lipinski definition) is 4. The van der Waals surface area contributed by atoms with Crippen LogP contribution in [0.15, 0.2) is 4.79 Å². The van der Waals surface area contributed by atoms with Crippen LogP contribution in [0, 0.1) is 6.92 Å². The van der Waals surface area contributed by atoms with E-state index in [9.17, 15) is 9.90 Å². The molecule has 0 radical (unpaired) electrons.